The van der Waals surface area contributed by atoms with E-state index in [4.69, 9.17) is 10.5 Å². The Kier molecular flexibility index (Phi) is 3.74. The molecular weight excluding hydrogens is 162 g/mol. The van der Waals surface area contributed by atoms with Gasteiger partial charge in [0.05, 0.1) is 11.7 Å². The van der Waals surface area contributed by atoms with Crippen molar-refractivity contribution in [3.8, 4) is 0 Å². The maximum Gasteiger partial charge on any atom is 0.0810 e. The Hall–Kier alpha value is -0.0800. The molecule has 0 aliphatic heterocycles. The average Bonchev–Trinajstić information content (AvgIpc) is 2.48. The molecule has 3 unspecified atom stereocenters. The summed E-state index contributed by atoms with van der Waals surface area (Å²) in [6.07, 6.45) is 5.00. The molecule has 2 heteroatoms. The van der Waals surface area contributed by atoms with Gasteiger partial charge >= 0.3 is 0 Å². The van der Waals surface area contributed by atoms with Crippen LogP contribution in [0, 0.1) is 5.92 Å². The highest BCUT2D eigenvalue weighted by molar-refractivity contribution is 4.91. The minimum atomic E-state index is 0.00877. The zero-order chi connectivity index (χ0) is 9.90. The summed E-state index contributed by atoms with van der Waals surface area (Å²) in [4.78, 5) is 0. The van der Waals surface area contributed by atoms with Gasteiger partial charge in [0.1, 0.15) is 0 Å². The van der Waals surface area contributed by atoms with E-state index in [9.17, 15) is 0 Å². The van der Waals surface area contributed by atoms with Crippen LogP contribution in [0.15, 0.2) is 0 Å². The van der Waals surface area contributed by atoms with Crippen molar-refractivity contribution in [2.75, 3.05) is 6.54 Å². The molecule has 1 rings (SSSR count). The predicted octanol–water partition coefficient (Wildman–Crippen LogP) is 2.32. The van der Waals surface area contributed by atoms with Crippen LogP contribution in [0.4, 0.5) is 0 Å². The molecule has 0 spiro atoms. The lowest BCUT2D eigenvalue weighted by Crippen LogP contribution is -2.40. The Morgan fingerprint density at radius 3 is 2.69 bits per heavy atom. The Bertz CT molecular complexity index is 160. The number of rotatable bonds is 4. The van der Waals surface area contributed by atoms with Crippen LogP contribution in [-0.4, -0.2) is 18.2 Å². The zero-order valence-electron chi connectivity index (χ0n) is 9.18. The van der Waals surface area contributed by atoms with Gasteiger partial charge < -0.3 is 10.5 Å². The fraction of sp³-hybridized carbons (Fsp3) is 1.00. The lowest BCUT2D eigenvalue weighted by atomic mass is 10.0. The first-order chi connectivity index (χ1) is 6.12. The van der Waals surface area contributed by atoms with Crippen molar-refractivity contribution in [3.63, 3.8) is 0 Å². The first-order valence-electron chi connectivity index (χ1n) is 5.50. The predicted molar refractivity (Wildman–Crippen MR) is 55.6 cm³/mol. The minimum absolute atomic E-state index is 0.00877. The summed E-state index contributed by atoms with van der Waals surface area (Å²) in [6.45, 7) is 7.27. The smallest absolute Gasteiger partial charge is 0.0810 e. The van der Waals surface area contributed by atoms with Crippen LogP contribution >= 0.6 is 0 Å². The molecule has 0 radical (unpaired) electrons. The molecule has 1 fully saturated rings. The molecule has 1 saturated carbocycles. The summed E-state index contributed by atoms with van der Waals surface area (Å²) in [5.41, 5.74) is 5.82. The highest BCUT2D eigenvalue weighted by Gasteiger charge is 2.38. The van der Waals surface area contributed by atoms with Gasteiger partial charge in [-0.05, 0) is 38.5 Å². The Balaban J connectivity index is 2.50. The van der Waals surface area contributed by atoms with Gasteiger partial charge in [0.2, 0.25) is 0 Å². The third-order valence-electron chi connectivity index (χ3n) is 3.21. The van der Waals surface area contributed by atoms with Gasteiger partial charge in [-0.15, -0.1) is 0 Å². The summed E-state index contributed by atoms with van der Waals surface area (Å²) >= 11 is 0. The van der Waals surface area contributed by atoms with Gasteiger partial charge in [-0.3, -0.25) is 0 Å². The summed E-state index contributed by atoms with van der Waals surface area (Å²) in [5, 5.41) is 0. The van der Waals surface area contributed by atoms with Crippen LogP contribution in [0.1, 0.15) is 46.5 Å². The maximum absolute atomic E-state index is 6.04. The van der Waals surface area contributed by atoms with Crippen LogP contribution in [0.25, 0.3) is 0 Å². The standard InChI is InChI=1S/C11H23NO/c1-4-10(3)13-11(8-12)6-5-9(2)7-11/h9-10H,4-8,12H2,1-3H3. The molecule has 13 heavy (non-hydrogen) atoms. The lowest BCUT2D eigenvalue weighted by Gasteiger charge is -2.31. The van der Waals surface area contributed by atoms with Gasteiger partial charge in [-0.1, -0.05) is 13.8 Å². The number of hydrogen-bond donors (Lipinski definition) is 1. The zero-order valence-corrected chi connectivity index (χ0v) is 9.18. The molecule has 0 amide bonds. The van der Waals surface area contributed by atoms with Crippen molar-refractivity contribution < 1.29 is 4.74 Å². The van der Waals surface area contributed by atoms with E-state index in [1.807, 2.05) is 0 Å². The summed E-state index contributed by atoms with van der Waals surface area (Å²) in [6, 6.07) is 0. The van der Waals surface area contributed by atoms with Gasteiger partial charge in [-0.2, -0.15) is 0 Å². The van der Waals surface area contributed by atoms with E-state index in [-0.39, 0.29) is 5.60 Å². The van der Waals surface area contributed by atoms with Crippen molar-refractivity contribution in [2.45, 2.75) is 58.2 Å². The molecule has 2 nitrogen and oxygen atoms in total. The third-order valence-corrected chi connectivity index (χ3v) is 3.21. The molecular formula is C11H23NO. The molecule has 1 aliphatic carbocycles. The van der Waals surface area contributed by atoms with Crippen LogP contribution < -0.4 is 5.73 Å². The van der Waals surface area contributed by atoms with E-state index in [0.29, 0.717) is 12.6 Å². The summed E-state index contributed by atoms with van der Waals surface area (Å²) in [7, 11) is 0. The van der Waals surface area contributed by atoms with E-state index >= 15 is 0 Å². The highest BCUT2D eigenvalue weighted by Crippen LogP contribution is 2.37. The molecule has 0 bridgehead atoms. The van der Waals surface area contributed by atoms with Crippen LogP contribution in [0.2, 0.25) is 0 Å². The second kappa shape index (κ2) is 4.43. The molecule has 0 aromatic heterocycles. The molecule has 2 N–H and O–H groups in total. The van der Waals surface area contributed by atoms with Crippen LogP contribution in [-0.2, 0) is 4.74 Å². The largest absolute Gasteiger partial charge is 0.371 e. The third kappa shape index (κ3) is 2.68. The van der Waals surface area contributed by atoms with Crippen molar-refractivity contribution >= 4 is 0 Å². The SMILES string of the molecule is CCC(C)OC1(CN)CCC(C)C1. The van der Waals surface area contributed by atoms with E-state index in [1.165, 1.54) is 6.42 Å². The molecule has 0 saturated heterocycles. The molecule has 0 aromatic rings. The van der Waals surface area contributed by atoms with Gasteiger partial charge in [0.25, 0.3) is 0 Å². The Labute approximate surface area is 81.8 Å². The quantitative estimate of drug-likeness (QED) is 0.729. The van der Waals surface area contributed by atoms with Gasteiger partial charge in [-0.25, -0.2) is 0 Å². The number of ether oxygens (including phenoxy) is 1. The molecule has 78 valence electrons. The highest BCUT2D eigenvalue weighted by atomic mass is 16.5. The van der Waals surface area contributed by atoms with Crippen molar-refractivity contribution in [2.24, 2.45) is 11.7 Å². The maximum atomic E-state index is 6.04. The molecule has 1 aliphatic rings. The van der Waals surface area contributed by atoms with Gasteiger partial charge in [0, 0.05) is 6.54 Å². The van der Waals surface area contributed by atoms with Crippen molar-refractivity contribution in [3.05, 3.63) is 0 Å². The Morgan fingerprint density at radius 1 is 1.62 bits per heavy atom. The topological polar surface area (TPSA) is 35.2 Å². The second-order valence-corrected chi connectivity index (χ2v) is 4.57. The van der Waals surface area contributed by atoms with E-state index < -0.39 is 0 Å². The van der Waals surface area contributed by atoms with Gasteiger partial charge in [0.15, 0.2) is 0 Å². The lowest BCUT2D eigenvalue weighted by molar-refractivity contribution is -0.0796. The molecule has 3 atom stereocenters. The van der Waals surface area contributed by atoms with E-state index in [1.54, 1.807) is 0 Å². The average molecular weight is 185 g/mol. The van der Waals surface area contributed by atoms with Crippen molar-refractivity contribution in [1.82, 2.24) is 0 Å². The summed E-state index contributed by atoms with van der Waals surface area (Å²) in [5.74, 6) is 0.785. The fourth-order valence-electron chi connectivity index (χ4n) is 2.20. The minimum Gasteiger partial charge on any atom is -0.371 e. The van der Waals surface area contributed by atoms with E-state index in [0.717, 1.165) is 25.2 Å². The molecule has 0 aromatic carbocycles. The fourth-order valence-corrected chi connectivity index (χ4v) is 2.20. The van der Waals surface area contributed by atoms with Crippen LogP contribution in [0.3, 0.4) is 0 Å². The Morgan fingerprint density at radius 2 is 2.31 bits per heavy atom. The first kappa shape index (κ1) is 11.0. The summed E-state index contributed by atoms with van der Waals surface area (Å²) < 4.78 is 6.04. The van der Waals surface area contributed by atoms with Crippen LogP contribution in [0.5, 0.6) is 0 Å². The second-order valence-electron chi connectivity index (χ2n) is 4.57. The number of hydrogen-bond acceptors (Lipinski definition) is 2. The first-order valence-corrected chi connectivity index (χ1v) is 5.50. The number of nitrogens with two attached hydrogens (primary N) is 1. The molecule has 0 heterocycles. The van der Waals surface area contributed by atoms with Crippen molar-refractivity contribution in [1.29, 1.82) is 0 Å². The monoisotopic (exact) mass is 185 g/mol. The normalized spacial score (nSPS) is 36.5. The van der Waals surface area contributed by atoms with E-state index in [2.05, 4.69) is 20.8 Å².